The van der Waals surface area contributed by atoms with Gasteiger partial charge in [0.25, 0.3) is 0 Å². The van der Waals surface area contributed by atoms with E-state index in [4.69, 9.17) is 4.74 Å². The number of hydrogen-bond acceptors (Lipinski definition) is 5. The Labute approximate surface area is 119 Å². The van der Waals surface area contributed by atoms with Crippen LogP contribution in [0.15, 0.2) is 24.3 Å². The van der Waals surface area contributed by atoms with Gasteiger partial charge in [-0.25, -0.2) is 8.42 Å². The van der Waals surface area contributed by atoms with Gasteiger partial charge in [-0.15, -0.1) is 0 Å². The van der Waals surface area contributed by atoms with Crippen LogP contribution in [0.1, 0.15) is 5.56 Å². The largest absolute Gasteiger partial charge is 0.488 e. The second kappa shape index (κ2) is 5.71. The van der Waals surface area contributed by atoms with Gasteiger partial charge in [0, 0.05) is 38.3 Å². The summed E-state index contributed by atoms with van der Waals surface area (Å²) < 4.78 is 28.2. The van der Waals surface area contributed by atoms with Crippen molar-refractivity contribution >= 4 is 9.84 Å². The average Bonchev–Trinajstić information content (AvgIpc) is 2.40. The topological polar surface area (TPSA) is 58.6 Å². The van der Waals surface area contributed by atoms with Crippen LogP contribution in [-0.4, -0.2) is 57.1 Å². The molecule has 2 aliphatic heterocycles. The molecule has 0 unspecified atom stereocenters. The van der Waals surface area contributed by atoms with Gasteiger partial charge in [-0.1, -0.05) is 18.2 Å². The highest BCUT2D eigenvalue weighted by atomic mass is 32.2. The average molecular weight is 296 g/mol. The van der Waals surface area contributed by atoms with Crippen molar-refractivity contribution in [2.24, 2.45) is 0 Å². The monoisotopic (exact) mass is 296 g/mol. The summed E-state index contributed by atoms with van der Waals surface area (Å²) in [6.07, 6.45) is -0.177. The van der Waals surface area contributed by atoms with E-state index < -0.39 is 9.84 Å². The number of rotatable bonds is 4. The summed E-state index contributed by atoms with van der Waals surface area (Å²) in [5, 5.41) is 3.33. The van der Waals surface area contributed by atoms with Crippen LogP contribution in [0, 0.1) is 0 Å². The van der Waals surface area contributed by atoms with Crippen LogP contribution in [0.25, 0.3) is 0 Å². The molecular formula is C14H20N2O3S. The second-order valence-electron chi connectivity index (χ2n) is 5.45. The minimum Gasteiger partial charge on any atom is -0.488 e. The third-order valence-corrected chi connectivity index (χ3v) is 5.51. The lowest BCUT2D eigenvalue weighted by Gasteiger charge is -2.30. The number of piperazine rings is 1. The smallest absolute Gasteiger partial charge is 0.157 e. The molecule has 2 aliphatic rings. The lowest BCUT2D eigenvalue weighted by molar-refractivity contribution is 0.209. The summed E-state index contributed by atoms with van der Waals surface area (Å²) in [7, 11) is -2.83. The fourth-order valence-electron chi connectivity index (χ4n) is 2.62. The number of nitrogens with one attached hydrogen (secondary N) is 1. The Kier molecular flexibility index (Phi) is 3.96. The molecule has 1 aromatic rings. The Morgan fingerprint density at radius 3 is 2.60 bits per heavy atom. The molecule has 1 aromatic carbocycles. The molecule has 2 fully saturated rings. The zero-order valence-electron chi connectivity index (χ0n) is 11.4. The molecule has 0 aliphatic carbocycles. The van der Waals surface area contributed by atoms with Gasteiger partial charge in [0.05, 0.1) is 11.5 Å². The van der Waals surface area contributed by atoms with Gasteiger partial charge in [-0.3, -0.25) is 4.90 Å². The first-order valence-corrected chi connectivity index (χ1v) is 8.83. The van der Waals surface area contributed by atoms with Crippen LogP contribution in [0.4, 0.5) is 0 Å². The van der Waals surface area contributed by atoms with E-state index in [1.54, 1.807) is 0 Å². The first-order valence-electron chi connectivity index (χ1n) is 7.00. The van der Waals surface area contributed by atoms with Crippen LogP contribution in [0.3, 0.4) is 0 Å². The van der Waals surface area contributed by atoms with Crippen molar-refractivity contribution in [1.29, 1.82) is 0 Å². The minimum atomic E-state index is -2.83. The lowest BCUT2D eigenvalue weighted by atomic mass is 10.1. The highest BCUT2D eigenvalue weighted by Crippen LogP contribution is 2.24. The molecule has 0 spiro atoms. The normalized spacial score (nSPS) is 23.2. The molecule has 5 nitrogen and oxygen atoms in total. The van der Waals surface area contributed by atoms with Gasteiger partial charge in [-0.05, 0) is 6.07 Å². The summed E-state index contributed by atoms with van der Waals surface area (Å²) in [5.74, 6) is 1.12. The van der Waals surface area contributed by atoms with Crippen molar-refractivity contribution in [3.63, 3.8) is 0 Å². The van der Waals surface area contributed by atoms with E-state index in [1.165, 1.54) is 0 Å². The first kappa shape index (κ1) is 13.9. The van der Waals surface area contributed by atoms with Crippen LogP contribution in [0.5, 0.6) is 5.75 Å². The van der Waals surface area contributed by atoms with E-state index in [2.05, 4.69) is 16.3 Å². The van der Waals surface area contributed by atoms with Crippen molar-refractivity contribution < 1.29 is 13.2 Å². The maximum absolute atomic E-state index is 11.2. The molecule has 6 heteroatoms. The SMILES string of the molecule is O=S1(=O)CC(Oc2ccccc2CN2CCNCC2)C1. The molecule has 0 aromatic heterocycles. The maximum atomic E-state index is 11.2. The van der Waals surface area contributed by atoms with Crippen LogP contribution in [-0.2, 0) is 16.4 Å². The molecule has 3 rings (SSSR count). The van der Waals surface area contributed by atoms with Gasteiger partial charge < -0.3 is 10.1 Å². The molecule has 20 heavy (non-hydrogen) atoms. The molecule has 0 amide bonds. The van der Waals surface area contributed by atoms with Crippen LogP contribution in [0.2, 0.25) is 0 Å². The van der Waals surface area contributed by atoms with Gasteiger partial charge in [0.15, 0.2) is 9.84 Å². The molecule has 2 saturated heterocycles. The molecule has 1 N–H and O–H groups in total. The van der Waals surface area contributed by atoms with Crippen molar-refractivity contribution in [2.45, 2.75) is 12.6 Å². The lowest BCUT2D eigenvalue weighted by Crippen LogP contribution is -2.45. The Morgan fingerprint density at radius 2 is 1.90 bits per heavy atom. The summed E-state index contributed by atoms with van der Waals surface area (Å²) in [5.41, 5.74) is 1.14. The van der Waals surface area contributed by atoms with Crippen molar-refractivity contribution in [2.75, 3.05) is 37.7 Å². The van der Waals surface area contributed by atoms with Crippen molar-refractivity contribution in [1.82, 2.24) is 10.2 Å². The number of sulfone groups is 1. The first-order chi connectivity index (χ1) is 9.62. The highest BCUT2D eigenvalue weighted by Gasteiger charge is 2.35. The van der Waals surface area contributed by atoms with Crippen LogP contribution < -0.4 is 10.1 Å². The maximum Gasteiger partial charge on any atom is 0.157 e. The molecule has 0 saturated carbocycles. The third-order valence-electron chi connectivity index (χ3n) is 3.75. The molecule has 2 heterocycles. The van der Waals surface area contributed by atoms with Crippen molar-refractivity contribution in [3.8, 4) is 5.75 Å². The molecule has 0 radical (unpaired) electrons. The van der Waals surface area contributed by atoms with Gasteiger partial charge in [0.2, 0.25) is 0 Å². The number of para-hydroxylation sites is 1. The Morgan fingerprint density at radius 1 is 1.20 bits per heavy atom. The highest BCUT2D eigenvalue weighted by molar-refractivity contribution is 7.92. The van der Waals surface area contributed by atoms with Gasteiger partial charge in [0.1, 0.15) is 11.9 Å². The van der Waals surface area contributed by atoms with Crippen LogP contribution >= 0.6 is 0 Å². The Hall–Kier alpha value is -1.11. The summed E-state index contributed by atoms with van der Waals surface area (Å²) in [4.78, 5) is 2.39. The standard InChI is InChI=1S/C14H20N2O3S/c17-20(18)10-13(11-20)19-14-4-2-1-3-12(14)9-16-7-5-15-6-8-16/h1-4,13,15H,5-11H2. The fraction of sp³-hybridized carbons (Fsp3) is 0.571. The third kappa shape index (κ3) is 3.31. The van der Waals surface area contributed by atoms with E-state index in [0.717, 1.165) is 44.0 Å². The predicted octanol–water partition coefficient (Wildman–Crippen LogP) is 0.268. The van der Waals surface area contributed by atoms with E-state index in [-0.39, 0.29) is 17.6 Å². The molecule has 0 atom stereocenters. The van der Waals surface area contributed by atoms with E-state index in [9.17, 15) is 8.42 Å². The zero-order chi connectivity index (χ0) is 14.0. The Balaban J connectivity index is 1.65. The van der Waals surface area contributed by atoms with Gasteiger partial charge in [-0.2, -0.15) is 0 Å². The number of ether oxygens (including phenoxy) is 1. The second-order valence-corrected chi connectivity index (χ2v) is 7.60. The zero-order valence-corrected chi connectivity index (χ0v) is 12.2. The summed E-state index contributed by atoms with van der Waals surface area (Å²) in [6, 6.07) is 7.93. The number of benzene rings is 1. The van der Waals surface area contributed by atoms with E-state index in [1.807, 2.05) is 18.2 Å². The molecule has 0 bridgehead atoms. The predicted molar refractivity (Wildman–Crippen MR) is 77.7 cm³/mol. The number of nitrogens with zero attached hydrogens (tertiary/aromatic N) is 1. The minimum absolute atomic E-state index is 0.148. The number of hydrogen-bond donors (Lipinski definition) is 1. The fourth-order valence-corrected chi connectivity index (χ4v) is 3.80. The van der Waals surface area contributed by atoms with Crippen molar-refractivity contribution in [3.05, 3.63) is 29.8 Å². The quantitative estimate of drug-likeness (QED) is 0.864. The molecular weight excluding hydrogens is 276 g/mol. The van der Waals surface area contributed by atoms with Gasteiger partial charge >= 0.3 is 0 Å². The van der Waals surface area contributed by atoms with E-state index in [0.29, 0.717) is 0 Å². The van der Waals surface area contributed by atoms with E-state index >= 15 is 0 Å². The Bertz CT molecular complexity index is 556. The summed E-state index contributed by atoms with van der Waals surface area (Å²) >= 11 is 0. The summed E-state index contributed by atoms with van der Waals surface area (Å²) in [6.45, 7) is 4.96. The molecule has 110 valence electrons.